The number of benzene rings is 1. The van der Waals surface area contributed by atoms with E-state index in [2.05, 4.69) is 11.9 Å². The van der Waals surface area contributed by atoms with Gasteiger partial charge in [0.25, 0.3) is 0 Å². The van der Waals surface area contributed by atoms with Crippen LogP contribution in [-0.4, -0.2) is 10.1 Å². The Balaban J connectivity index is 1.81. The standard InChI is InChI=1S/C19H27NO/c1-2-3-4-5-6-7-8-13-19(21)17-14-15-20-18-12-10-9-11-16(17)18/h9-12,14-15,19,21H,2-8,13H2,1H3. The zero-order valence-electron chi connectivity index (χ0n) is 13.1. The number of aromatic nitrogens is 1. The van der Waals surface area contributed by atoms with Gasteiger partial charge in [-0.25, -0.2) is 0 Å². The van der Waals surface area contributed by atoms with Gasteiger partial charge in [0, 0.05) is 11.6 Å². The zero-order valence-corrected chi connectivity index (χ0v) is 13.1. The van der Waals surface area contributed by atoms with E-state index in [0.717, 1.165) is 29.3 Å². The van der Waals surface area contributed by atoms with Crippen LogP contribution >= 0.6 is 0 Å². The van der Waals surface area contributed by atoms with Crippen LogP contribution in [0.5, 0.6) is 0 Å². The number of hydrogen-bond acceptors (Lipinski definition) is 2. The number of pyridine rings is 1. The van der Waals surface area contributed by atoms with Gasteiger partial charge in [0.2, 0.25) is 0 Å². The minimum Gasteiger partial charge on any atom is -0.388 e. The summed E-state index contributed by atoms with van der Waals surface area (Å²) in [6, 6.07) is 9.99. The fourth-order valence-corrected chi connectivity index (χ4v) is 2.86. The number of hydrogen-bond donors (Lipinski definition) is 1. The molecule has 0 saturated carbocycles. The molecule has 1 unspecified atom stereocenters. The van der Waals surface area contributed by atoms with Crippen molar-refractivity contribution in [1.82, 2.24) is 4.98 Å². The summed E-state index contributed by atoms with van der Waals surface area (Å²) < 4.78 is 0. The summed E-state index contributed by atoms with van der Waals surface area (Å²) >= 11 is 0. The molecule has 2 heteroatoms. The Morgan fingerprint density at radius 2 is 1.67 bits per heavy atom. The van der Waals surface area contributed by atoms with Crippen LogP contribution in [0.25, 0.3) is 10.9 Å². The van der Waals surface area contributed by atoms with Crippen LogP contribution in [0.15, 0.2) is 36.5 Å². The molecule has 0 spiro atoms. The first-order chi connectivity index (χ1) is 10.3. The molecule has 21 heavy (non-hydrogen) atoms. The SMILES string of the molecule is CCCCCCCCCC(O)c1ccnc2ccccc12. The highest BCUT2D eigenvalue weighted by atomic mass is 16.3. The maximum atomic E-state index is 10.4. The van der Waals surface area contributed by atoms with Gasteiger partial charge in [-0.15, -0.1) is 0 Å². The Labute approximate surface area is 128 Å². The van der Waals surface area contributed by atoms with E-state index < -0.39 is 0 Å². The van der Waals surface area contributed by atoms with Crippen LogP contribution in [0, 0.1) is 0 Å². The summed E-state index contributed by atoms with van der Waals surface area (Å²) in [6.07, 6.45) is 11.2. The third kappa shape index (κ3) is 4.82. The van der Waals surface area contributed by atoms with E-state index in [9.17, 15) is 5.11 Å². The van der Waals surface area contributed by atoms with Crippen LogP contribution in [0.3, 0.4) is 0 Å². The molecule has 0 amide bonds. The first-order valence-electron chi connectivity index (χ1n) is 8.34. The minimum atomic E-state index is -0.367. The van der Waals surface area contributed by atoms with Crippen LogP contribution in [0.1, 0.15) is 70.0 Å². The second kappa shape index (κ2) is 8.78. The van der Waals surface area contributed by atoms with Crippen LogP contribution in [-0.2, 0) is 0 Å². The van der Waals surface area contributed by atoms with E-state index in [1.165, 1.54) is 38.5 Å². The van der Waals surface area contributed by atoms with Crippen molar-refractivity contribution in [1.29, 1.82) is 0 Å². The lowest BCUT2D eigenvalue weighted by Crippen LogP contribution is -1.99. The number of aliphatic hydroxyl groups excluding tert-OH is 1. The van der Waals surface area contributed by atoms with Crippen molar-refractivity contribution in [3.63, 3.8) is 0 Å². The molecule has 0 bridgehead atoms. The molecule has 0 radical (unpaired) electrons. The highest BCUT2D eigenvalue weighted by molar-refractivity contribution is 5.82. The Hall–Kier alpha value is -1.41. The molecule has 1 N–H and O–H groups in total. The van der Waals surface area contributed by atoms with Gasteiger partial charge in [0.05, 0.1) is 11.6 Å². The van der Waals surface area contributed by atoms with Crippen LogP contribution in [0.4, 0.5) is 0 Å². The lowest BCUT2D eigenvalue weighted by Gasteiger charge is -2.13. The van der Waals surface area contributed by atoms with E-state index in [1.54, 1.807) is 6.20 Å². The number of fused-ring (bicyclic) bond motifs is 1. The van der Waals surface area contributed by atoms with Gasteiger partial charge in [-0.1, -0.05) is 70.1 Å². The quantitative estimate of drug-likeness (QED) is 0.625. The summed E-state index contributed by atoms with van der Waals surface area (Å²) in [4.78, 5) is 4.35. The molecule has 0 saturated heterocycles. The molecule has 0 aliphatic heterocycles. The van der Waals surface area contributed by atoms with E-state index in [-0.39, 0.29) is 6.10 Å². The number of unbranched alkanes of at least 4 members (excludes halogenated alkanes) is 6. The molecule has 1 atom stereocenters. The van der Waals surface area contributed by atoms with Gasteiger partial charge in [0.1, 0.15) is 0 Å². The van der Waals surface area contributed by atoms with Gasteiger partial charge >= 0.3 is 0 Å². The smallest absolute Gasteiger partial charge is 0.0797 e. The van der Waals surface area contributed by atoms with Crippen molar-refractivity contribution < 1.29 is 5.11 Å². The molecular weight excluding hydrogens is 258 g/mol. The van der Waals surface area contributed by atoms with Crippen molar-refractivity contribution in [3.05, 3.63) is 42.1 Å². The molecule has 2 nitrogen and oxygen atoms in total. The van der Waals surface area contributed by atoms with Crippen molar-refractivity contribution in [3.8, 4) is 0 Å². The second-order valence-electron chi connectivity index (χ2n) is 5.84. The third-order valence-electron chi connectivity index (χ3n) is 4.12. The molecule has 1 heterocycles. The Bertz CT molecular complexity index is 533. The predicted octanol–water partition coefficient (Wildman–Crippen LogP) is 5.41. The average Bonchev–Trinajstić information content (AvgIpc) is 2.53. The maximum absolute atomic E-state index is 10.4. The number of nitrogens with zero attached hydrogens (tertiary/aromatic N) is 1. The fraction of sp³-hybridized carbons (Fsp3) is 0.526. The predicted molar refractivity (Wildman–Crippen MR) is 89.3 cm³/mol. The van der Waals surface area contributed by atoms with Gasteiger partial charge in [-0.3, -0.25) is 4.98 Å². The van der Waals surface area contributed by atoms with E-state index in [0.29, 0.717) is 0 Å². The molecule has 0 aliphatic rings. The highest BCUT2D eigenvalue weighted by Gasteiger charge is 2.10. The van der Waals surface area contributed by atoms with E-state index in [1.807, 2.05) is 30.3 Å². The van der Waals surface area contributed by atoms with E-state index in [4.69, 9.17) is 0 Å². The van der Waals surface area contributed by atoms with Crippen molar-refractivity contribution >= 4 is 10.9 Å². The monoisotopic (exact) mass is 285 g/mol. The number of para-hydroxylation sites is 1. The van der Waals surface area contributed by atoms with Gasteiger partial charge in [-0.05, 0) is 24.1 Å². The molecule has 2 aromatic rings. The molecule has 114 valence electrons. The molecule has 0 aliphatic carbocycles. The first-order valence-corrected chi connectivity index (χ1v) is 8.34. The summed E-state index contributed by atoms with van der Waals surface area (Å²) in [5.41, 5.74) is 1.99. The maximum Gasteiger partial charge on any atom is 0.0797 e. The lowest BCUT2D eigenvalue weighted by atomic mass is 9.99. The lowest BCUT2D eigenvalue weighted by molar-refractivity contribution is 0.164. The molecule has 0 fully saturated rings. The van der Waals surface area contributed by atoms with Crippen molar-refractivity contribution in [2.75, 3.05) is 0 Å². The van der Waals surface area contributed by atoms with Crippen molar-refractivity contribution in [2.45, 2.75) is 64.4 Å². The molecular formula is C19H27NO. The van der Waals surface area contributed by atoms with Crippen LogP contribution in [0.2, 0.25) is 0 Å². The second-order valence-corrected chi connectivity index (χ2v) is 5.84. The fourth-order valence-electron chi connectivity index (χ4n) is 2.86. The topological polar surface area (TPSA) is 33.1 Å². The zero-order chi connectivity index (χ0) is 14.9. The molecule has 2 rings (SSSR count). The van der Waals surface area contributed by atoms with E-state index >= 15 is 0 Å². The van der Waals surface area contributed by atoms with Crippen molar-refractivity contribution in [2.24, 2.45) is 0 Å². The van der Waals surface area contributed by atoms with Gasteiger partial charge in [-0.2, -0.15) is 0 Å². The Kier molecular flexibility index (Phi) is 6.68. The minimum absolute atomic E-state index is 0.367. The Morgan fingerprint density at radius 3 is 2.48 bits per heavy atom. The molecule has 1 aromatic carbocycles. The summed E-state index contributed by atoms with van der Waals surface area (Å²) in [6.45, 7) is 2.25. The van der Waals surface area contributed by atoms with Gasteiger partial charge < -0.3 is 5.11 Å². The summed E-state index contributed by atoms with van der Waals surface area (Å²) in [5, 5.41) is 11.5. The third-order valence-corrected chi connectivity index (χ3v) is 4.12. The normalized spacial score (nSPS) is 12.7. The largest absolute Gasteiger partial charge is 0.388 e. The molecule has 1 aromatic heterocycles. The average molecular weight is 285 g/mol. The number of rotatable bonds is 9. The number of aliphatic hydroxyl groups is 1. The van der Waals surface area contributed by atoms with Gasteiger partial charge in [0.15, 0.2) is 0 Å². The summed E-state index contributed by atoms with van der Waals surface area (Å²) in [7, 11) is 0. The Morgan fingerprint density at radius 1 is 0.952 bits per heavy atom. The first kappa shape index (κ1) is 16.0. The highest BCUT2D eigenvalue weighted by Crippen LogP contribution is 2.26. The van der Waals surface area contributed by atoms with Crippen LogP contribution < -0.4 is 0 Å². The summed E-state index contributed by atoms with van der Waals surface area (Å²) in [5.74, 6) is 0.